The van der Waals surface area contributed by atoms with E-state index in [0.29, 0.717) is 20.3 Å². The Kier molecular flexibility index (Phi) is 5.63. The van der Waals surface area contributed by atoms with Gasteiger partial charge in [0.25, 0.3) is 0 Å². The lowest BCUT2D eigenvalue weighted by atomic mass is 10.3. The van der Waals surface area contributed by atoms with Crippen molar-refractivity contribution < 1.29 is 4.79 Å². The normalized spacial score (nSPS) is 10.4. The van der Waals surface area contributed by atoms with Crippen LogP contribution in [-0.2, 0) is 4.79 Å². The number of pyridine rings is 1. The molecule has 2 heterocycles. The van der Waals surface area contributed by atoms with Crippen molar-refractivity contribution in [2.75, 3.05) is 16.4 Å². The first kappa shape index (κ1) is 16.7. The monoisotopic (exact) mass is 377 g/mol. The highest BCUT2D eigenvalue weighted by Gasteiger charge is 2.09. The maximum Gasteiger partial charge on any atom is 0.235 e. The van der Waals surface area contributed by atoms with Crippen molar-refractivity contribution in [3.05, 3.63) is 53.7 Å². The molecule has 6 nitrogen and oxygen atoms in total. The minimum absolute atomic E-state index is 0.164. The van der Waals surface area contributed by atoms with E-state index in [2.05, 4.69) is 25.8 Å². The Morgan fingerprint density at radius 2 is 2.00 bits per heavy atom. The Morgan fingerprint density at radius 1 is 1.17 bits per heavy atom. The summed E-state index contributed by atoms with van der Waals surface area (Å²) in [5, 5.41) is 15.2. The van der Waals surface area contributed by atoms with Gasteiger partial charge in [-0.15, -0.1) is 10.2 Å². The van der Waals surface area contributed by atoms with E-state index < -0.39 is 0 Å². The predicted octanol–water partition coefficient (Wildman–Crippen LogP) is 4.06. The second-order valence-electron chi connectivity index (χ2n) is 4.56. The highest BCUT2D eigenvalue weighted by molar-refractivity contribution is 8.01. The van der Waals surface area contributed by atoms with Gasteiger partial charge in [-0.05, 0) is 24.3 Å². The summed E-state index contributed by atoms with van der Waals surface area (Å²) in [6, 6.07) is 13.0. The number of halogens is 1. The fourth-order valence-electron chi connectivity index (χ4n) is 1.72. The minimum Gasteiger partial charge on any atom is -0.330 e. The van der Waals surface area contributed by atoms with E-state index in [0.717, 1.165) is 5.69 Å². The van der Waals surface area contributed by atoms with Crippen molar-refractivity contribution in [1.82, 2.24) is 15.2 Å². The lowest BCUT2D eigenvalue weighted by molar-refractivity contribution is -0.113. The van der Waals surface area contributed by atoms with Crippen LogP contribution in [0.2, 0.25) is 5.02 Å². The van der Waals surface area contributed by atoms with Crippen LogP contribution in [0.5, 0.6) is 0 Å². The number of nitrogens with one attached hydrogen (secondary N) is 2. The number of hydrogen-bond donors (Lipinski definition) is 2. The standard InChI is InChI=1S/C15H12ClN5OS2/c16-10-6-7-12(17-8-10)19-13(22)9-23-15-21-20-14(24-15)18-11-4-2-1-3-5-11/h1-8H,9H2,(H,18,20)(H,17,19,22). The van der Waals surface area contributed by atoms with Crippen LogP contribution in [-0.4, -0.2) is 26.8 Å². The molecule has 0 saturated carbocycles. The third-order valence-corrected chi connectivity index (χ3v) is 4.95. The number of rotatable bonds is 6. The first-order chi connectivity index (χ1) is 11.7. The van der Waals surface area contributed by atoms with Crippen LogP contribution in [0.15, 0.2) is 53.0 Å². The van der Waals surface area contributed by atoms with Gasteiger partial charge in [-0.1, -0.05) is 52.9 Å². The van der Waals surface area contributed by atoms with Crippen LogP contribution in [0.3, 0.4) is 0 Å². The van der Waals surface area contributed by atoms with Crippen molar-refractivity contribution >= 4 is 57.2 Å². The van der Waals surface area contributed by atoms with Crippen LogP contribution in [0.4, 0.5) is 16.6 Å². The number of aromatic nitrogens is 3. The number of carbonyl (C=O) groups excluding carboxylic acids is 1. The van der Waals surface area contributed by atoms with Crippen molar-refractivity contribution in [2.45, 2.75) is 4.34 Å². The first-order valence-electron chi connectivity index (χ1n) is 6.89. The lowest BCUT2D eigenvalue weighted by Gasteiger charge is -2.02. The van der Waals surface area contributed by atoms with E-state index in [9.17, 15) is 4.79 Å². The van der Waals surface area contributed by atoms with E-state index in [1.54, 1.807) is 12.1 Å². The SMILES string of the molecule is O=C(CSc1nnc(Nc2ccccc2)s1)Nc1ccc(Cl)cn1. The van der Waals surface area contributed by atoms with Crippen LogP contribution in [0.25, 0.3) is 0 Å². The molecule has 0 atom stereocenters. The topological polar surface area (TPSA) is 79.8 Å². The molecule has 0 aliphatic carbocycles. The van der Waals surface area contributed by atoms with Crippen LogP contribution >= 0.6 is 34.7 Å². The third-order valence-electron chi connectivity index (χ3n) is 2.75. The Bertz CT molecular complexity index is 810. The van der Waals surface area contributed by atoms with Gasteiger partial charge in [0.15, 0.2) is 4.34 Å². The average molecular weight is 378 g/mol. The van der Waals surface area contributed by atoms with Crippen LogP contribution < -0.4 is 10.6 Å². The lowest BCUT2D eigenvalue weighted by Crippen LogP contribution is -2.14. The van der Waals surface area contributed by atoms with Crippen molar-refractivity contribution in [1.29, 1.82) is 0 Å². The van der Waals surface area contributed by atoms with Gasteiger partial charge >= 0.3 is 0 Å². The summed E-state index contributed by atoms with van der Waals surface area (Å²) >= 11 is 8.47. The molecule has 0 fully saturated rings. The molecular formula is C15H12ClN5OS2. The molecule has 3 aromatic rings. The van der Waals surface area contributed by atoms with Crippen molar-refractivity contribution in [3.8, 4) is 0 Å². The second-order valence-corrected chi connectivity index (χ2v) is 7.20. The number of anilines is 3. The fraction of sp³-hybridized carbons (Fsp3) is 0.0667. The summed E-state index contributed by atoms with van der Waals surface area (Å²) in [7, 11) is 0. The minimum atomic E-state index is -0.164. The third kappa shape index (κ3) is 4.92. The number of para-hydroxylation sites is 1. The molecule has 24 heavy (non-hydrogen) atoms. The van der Waals surface area contributed by atoms with E-state index >= 15 is 0 Å². The molecule has 2 N–H and O–H groups in total. The Hall–Kier alpha value is -2.16. The zero-order valence-electron chi connectivity index (χ0n) is 12.3. The molecule has 9 heteroatoms. The van der Waals surface area contributed by atoms with Gasteiger partial charge in [0.1, 0.15) is 5.82 Å². The molecule has 1 aromatic carbocycles. The molecule has 0 radical (unpaired) electrons. The molecule has 0 bridgehead atoms. The summed E-state index contributed by atoms with van der Waals surface area (Å²) in [5.41, 5.74) is 0.941. The molecule has 0 saturated heterocycles. The van der Waals surface area contributed by atoms with E-state index in [1.807, 2.05) is 30.3 Å². The highest BCUT2D eigenvalue weighted by atomic mass is 35.5. The van der Waals surface area contributed by atoms with Gasteiger partial charge in [0.05, 0.1) is 10.8 Å². The first-order valence-corrected chi connectivity index (χ1v) is 9.07. The molecule has 0 spiro atoms. The van der Waals surface area contributed by atoms with E-state index in [4.69, 9.17) is 11.6 Å². The molecule has 0 unspecified atom stereocenters. The summed E-state index contributed by atoms with van der Waals surface area (Å²) in [4.78, 5) is 15.9. The summed E-state index contributed by atoms with van der Waals surface area (Å²) in [6.45, 7) is 0. The summed E-state index contributed by atoms with van der Waals surface area (Å²) < 4.78 is 0.715. The molecule has 0 aliphatic heterocycles. The Morgan fingerprint density at radius 3 is 2.75 bits per heavy atom. The van der Waals surface area contributed by atoms with Crippen molar-refractivity contribution in [2.24, 2.45) is 0 Å². The zero-order chi connectivity index (χ0) is 16.8. The van der Waals surface area contributed by atoms with Crippen molar-refractivity contribution in [3.63, 3.8) is 0 Å². The number of carbonyl (C=O) groups is 1. The molecule has 122 valence electrons. The number of benzene rings is 1. The Balaban J connectivity index is 1.50. The zero-order valence-corrected chi connectivity index (χ0v) is 14.7. The number of nitrogens with zero attached hydrogens (tertiary/aromatic N) is 3. The quantitative estimate of drug-likeness (QED) is 0.630. The number of thioether (sulfide) groups is 1. The summed E-state index contributed by atoms with van der Waals surface area (Å²) in [5.74, 6) is 0.529. The van der Waals surface area contributed by atoms with Gasteiger partial charge in [0.2, 0.25) is 11.0 Å². The van der Waals surface area contributed by atoms with Gasteiger partial charge < -0.3 is 10.6 Å². The van der Waals surface area contributed by atoms with E-state index in [1.165, 1.54) is 29.3 Å². The van der Waals surface area contributed by atoms with Gasteiger partial charge in [-0.2, -0.15) is 0 Å². The maximum absolute atomic E-state index is 11.9. The summed E-state index contributed by atoms with van der Waals surface area (Å²) in [6.07, 6.45) is 1.48. The smallest absolute Gasteiger partial charge is 0.235 e. The second kappa shape index (κ2) is 8.09. The molecular weight excluding hydrogens is 366 g/mol. The molecule has 2 aromatic heterocycles. The van der Waals surface area contributed by atoms with Crippen LogP contribution in [0, 0.1) is 0 Å². The van der Waals surface area contributed by atoms with Gasteiger partial charge in [-0.25, -0.2) is 4.98 Å². The van der Waals surface area contributed by atoms with Gasteiger partial charge in [0, 0.05) is 11.9 Å². The maximum atomic E-state index is 11.9. The van der Waals surface area contributed by atoms with Crippen LogP contribution in [0.1, 0.15) is 0 Å². The fourth-order valence-corrected chi connectivity index (χ4v) is 3.40. The Labute approximate surface area is 151 Å². The molecule has 3 rings (SSSR count). The van der Waals surface area contributed by atoms with E-state index in [-0.39, 0.29) is 11.7 Å². The number of amides is 1. The molecule has 0 aliphatic rings. The molecule has 1 amide bonds. The average Bonchev–Trinajstić information content (AvgIpc) is 3.03. The largest absolute Gasteiger partial charge is 0.330 e. The predicted molar refractivity (Wildman–Crippen MR) is 98.2 cm³/mol. The number of hydrogen-bond acceptors (Lipinski definition) is 7. The van der Waals surface area contributed by atoms with Gasteiger partial charge in [-0.3, -0.25) is 4.79 Å². The highest BCUT2D eigenvalue weighted by Crippen LogP contribution is 2.27.